The number of hydrogen-bond acceptors (Lipinski definition) is 2. The Hall–Kier alpha value is -1.61. The van der Waals surface area contributed by atoms with E-state index < -0.39 is 5.97 Å². The molecule has 1 heterocycles. The summed E-state index contributed by atoms with van der Waals surface area (Å²) in [5, 5.41) is 8.77. The fraction of sp³-hybridized carbons (Fsp3) is 0.438. The Morgan fingerprint density at radius 1 is 1.26 bits per heavy atom. The van der Waals surface area contributed by atoms with Crippen LogP contribution in [0.15, 0.2) is 36.4 Å². The summed E-state index contributed by atoms with van der Waals surface area (Å²) in [6.45, 7) is 7.62. The molecule has 19 heavy (non-hydrogen) atoms. The fourth-order valence-electron chi connectivity index (χ4n) is 2.21. The molecule has 1 saturated heterocycles. The zero-order valence-electron chi connectivity index (χ0n) is 11.6. The van der Waals surface area contributed by atoms with Gasteiger partial charge in [-0.05, 0) is 16.5 Å². The van der Waals surface area contributed by atoms with E-state index in [2.05, 4.69) is 45.0 Å². The van der Waals surface area contributed by atoms with Gasteiger partial charge in [0, 0.05) is 6.08 Å². The van der Waals surface area contributed by atoms with Crippen molar-refractivity contribution in [2.24, 2.45) is 0 Å². The lowest BCUT2D eigenvalue weighted by atomic mass is 9.77. The van der Waals surface area contributed by atoms with Crippen LogP contribution in [0.2, 0.25) is 0 Å². The average molecular weight is 260 g/mol. The Morgan fingerprint density at radius 2 is 1.84 bits per heavy atom. The van der Waals surface area contributed by atoms with Crippen molar-refractivity contribution in [3.63, 3.8) is 0 Å². The topological polar surface area (TPSA) is 46.5 Å². The quantitative estimate of drug-likeness (QED) is 0.850. The molecule has 0 amide bonds. The molecule has 1 aliphatic rings. The maximum Gasteiger partial charge on any atom is 0.328 e. The van der Waals surface area contributed by atoms with Crippen molar-refractivity contribution < 1.29 is 14.6 Å². The monoisotopic (exact) mass is 260 g/mol. The number of carbonyl (C=O) groups is 1. The smallest absolute Gasteiger partial charge is 0.328 e. The molecular weight excluding hydrogens is 240 g/mol. The number of hydrogen-bond donors (Lipinski definition) is 1. The molecule has 102 valence electrons. The average Bonchev–Trinajstić information content (AvgIpc) is 2.26. The van der Waals surface area contributed by atoms with Gasteiger partial charge in [0.05, 0.1) is 18.6 Å². The van der Waals surface area contributed by atoms with E-state index in [0.717, 1.165) is 5.56 Å². The Morgan fingerprint density at radius 3 is 2.21 bits per heavy atom. The highest BCUT2D eigenvalue weighted by Gasteiger charge is 2.38. The van der Waals surface area contributed by atoms with Gasteiger partial charge in [-0.25, -0.2) is 4.79 Å². The minimum absolute atomic E-state index is 0.124. The molecule has 0 aliphatic carbocycles. The molecule has 0 unspecified atom stereocenters. The van der Waals surface area contributed by atoms with Crippen LogP contribution in [-0.2, 0) is 20.4 Å². The van der Waals surface area contributed by atoms with Crippen molar-refractivity contribution in [3.8, 4) is 0 Å². The summed E-state index contributed by atoms with van der Waals surface area (Å²) < 4.78 is 5.28. The molecule has 0 spiro atoms. The van der Waals surface area contributed by atoms with Gasteiger partial charge in [0.25, 0.3) is 0 Å². The van der Waals surface area contributed by atoms with Gasteiger partial charge >= 0.3 is 5.97 Å². The molecule has 1 N–H and O–H groups in total. The first-order valence-electron chi connectivity index (χ1n) is 6.44. The van der Waals surface area contributed by atoms with Gasteiger partial charge in [-0.1, -0.05) is 51.1 Å². The fourth-order valence-corrected chi connectivity index (χ4v) is 2.21. The molecule has 1 aromatic rings. The van der Waals surface area contributed by atoms with Crippen LogP contribution in [0.1, 0.15) is 31.9 Å². The number of ether oxygens (including phenoxy) is 1. The van der Waals surface area contributed by atoms with E-state index in [4.69, 9.17) is 9.84 Å². The van der Waals surface area contributed by atoms with E-state index in [1.807, 2.05) is 0 Å². The number of benzene rings is 1. The van der Waals surface area contributed by atoms with Crippen molar-refractivity contribution in [2.45, 2.75) is 31.6 Å². The van der Waals surface area contributed by atoms with Crippen LogP contribution in [0.3, 0.4) is 0 Å². The normalized spacial score (nSPS) is 18.3. The third-order valence-corrected chi connectivity index (χ3v) is 3.59. The highest BCUT2D eigenvalue weighted by Crippen LogP contribution is 2.35. The standard InChI is InChI=1S/C16H20O3/c1-15(2,3)12-4-6-13(7-5-12)16(10-19-11-16)9-8-14(17)18/h4-9H,10-11H2,1-3H3,(H,17,18)/b9-8+. The molecule has 3 nitrogen and oxygen atoms in total. The van der Waals surface area contributed by atoms with E-state index >= 15 is 0 Å². The molecule has 2 rings (SSSR count). The maximum absolute atomic E-state index is 10.7. The number of rotatable bonds is 3. The summed E-state index contributed by atoms with van der Waals surface area (Å²) in [6, 6.07) is 8.39. The molecule has 0 atom stereocenters. The lowest BCUT2D eigenvalue weighted by Gasteiger charge is -2.39. The van der Waals surface area contributed by atoms with Crippen LogP contribution >= 0.6 is 0 Å². The molecule has 1 aliphatic heterocycles. The van der Waals surface area contributed by atoms with Crippen LogP contribution in [0.25, 0.3) is 0 Å². The third kappa shape index (κ3) is 2.87. The zero-order valence-corrected chi connectivity index (χ0v) is 11.6. The lowest BCUT2D eigenvalue weighted by molar-refractivity contribution is -0.131. The number of aliphatic carboxylic acids is 1. The van der Waals surface area contributed by atoms with Crippen molar-refractivity contribution in [1.29, 1.82) is 0 Å². The summed E-state index contributed by atoms with van der Waals surface area (Å²) in [5.41, 5.74) is 2.24. The highest BCUT2D eigenvalue weighted by atomic mass is 16.5. The highest BCUT2D eigenvalue weighted by molar-refractivity contribution is 5.80. The second kappa shape index (κ2) is 4.82. The maximum atomic E-state index is 10.7. The van der Waals surface area contributed by atoms with Gasteiger partial charge in [0.15, 0.2) is 0 Å². The summed E-state index contributed by atoms with van der Waals surface area (Å²) in [5.74, 6) is -0.919. The van der Waals surface area contributed by atoms with Gasteiger partial charge in [-0.3, -0.25) is 0 Å². The third-order valence-electron chi connectivity index (χ3n) is 3.59. The molecular formula is C16H20O3. The first kappa shape index (κ1) is 13.8. The Balaban J connectivity index is 2.27. The van der Waals surface area contributed by atoms with Crippen LogP contribution in [0.4, 0.5) is 0 Å². The summed E-state index contributed by atoms with van der Waals surface area (Å²) >= 11 is 0. The minimum Gasteiger partial charge on any atom is -0.478 e. The molecule has 1 aromatic carbocycles. The second-order valence-corrected chi connectivity index (χ2v) is 6.15. The van der Waals surface area contributed by atoms with E-state index in [1.165, 1.54) is 11.6 Å². The minimum atomic E-state index is -0.919. The SMILES string of the molecule is CC(C)(C)c1ccc(C2(/C=C/C(=O)O)COC2)cc1. The molecule has 0 radical (unpaired) electrons. The first-order chi connectivity index (χ1) is 8.83. The Kier molecular flexibility index (Phi) is 3.50. The van der Waals surface area contributed by atoms with Crippen LogP contribution in [-0.4, -0.2) is 24.3 Å². The predicted octanol–water partition coefficient (Wildman–Crippen LogP) is 2.89. The van der Waals surface area contributed by atoms with E-state index in [-0.39, 0.29) is 10.8 Å². The Bertz CT molecular complexity index is 488. The first-order valence-corrected chi connectivity index (χ1v) is 6.44. The largest absolute Gasteiger partial charge is 0.478 e. The number of carboxylic acids is 1. The molecule has 3 heteroatoms. The van der Waals surface area contributed by atoms with Crippen LogP contribution in [0, 0.1) is 0 Å². The predicted molar refractivity (Wildman–Crippen MR) is 74.4 cm³/mol. The lowest BCUT2D eigenvalue weighted by Crippen LogP contribution is -2.45. The molecule has 1 fully saturated rings. The van der Waals surface area contributed by atoms with Crippen LogP contribution < -0.4 is 0 Å². The van der Waals surface area contributed by atoms with Crippen molar-refractivity contribution >= 4 is 5.97 Å². The van der Waals surface area contributed by atoms with Gasteiger partial charge in [-0.15, -0.1) is 0 Å². The number of carboxylic acid groups (broad SMARTS) is 1. The summed E-state index contributed by atoms with van der Waals surface area (Å²) in [6.07, 6.45) is 2.95. The zero-order chi connectivity index (χ0) is 14.1. The van der Waals surface area contributed by atoms with E-state index in [0.29, 0.717) is 13.2 Å². The summed E-state index contributed by atoms with van der Waals surface area (Å²) in [4.78, 5) is 10.7. The van der Waals surface area contributed by atoms with Gasteiger partial charge in [0.2, 0.25) is 0 Å². The molecule has 0 saturated carbocycles. The van der Waals surface area contributed by atoms with Gasteiger partial charge < -0.3 is 9.84 Å². The van der Waals surface area contributed by atoms with Crippen molar-refractivity contribution in [1.82, 2.24) is 0 Å². The Labute approximate surface area is 113 Å². The van der Waals surface area contributed by atoms with Gasteiger partial charge in [0.1, 0.15) is 0 Å². The van der Waals surface area contributed by atoms with E-state index in [9.17, 15) is 4.79 Å². The van der Waals surface area contributed by atoms with Crippen molar-refractivity contribution in [2.75, 3.05) is 13.2 Å². The van der Waals surface area contributed by atoms with Crippen molar-refractivity contribution in [3.05, 3.63) is 47.5 Å². The molecule has 0 aromatic heterocycles. The summed E-state index contributed by atoms with van der Waals surface area (Å²) in [7, 11) is 0. The molecule has 0 bridgehead atoms. The van der Waals surface area contributed by atoms with Crippen LogP contribution in [0.5, 0.6) is 0 Å². The van der Waals surface area contributed by atoms with E-state index in [1.54, 1.807) is 6.08 Å². The second-order valence-electron chi connectivity index (χ2n) is 6.15. The van der Waals surface area contributed by atoms with Gasteiger partial charge in [-0.2, -0.15) is 0 Å².